The molecule has 4 N–H and O–H groups in total. The number of hydrogen-bond donors (Lipinski definition) is 4. The molecule has 2 aliphatic rings. The van der Waals surface area contributed by atoms with Crippen LogP contribution in [-0.4, -0.2) is 40.1 Å². The lowest BCUT2D eigenvalue weighted by atomic mass is 9.97. The summed E-state index contributed by atoms with van der Waals surface area (Å²) >= 11 is 0. The number of nitrogens with zero attached hydrogens (tertiary/aromatic N) is 2. The van der Waals surface area contributed by atoms with E-state index in [1.807, 2.05) is 6.92 Å². The third kappa shape index (κ3) is 5.19. The van der Waals surface area contributed by atoms with Gasteiger partial charge >= 0.3 is 11.8 Å². The summed E-state index contributed by atoms with van der Waals surface area (Å²) in [4.78, 5) is 36.2. The first kappa shape index (κ1) is 20.1. The van der Waals surface area contributed by atoms with Crippen LogP contribution in [0.4, 0.5) is 5.82 Å². The molecule has 2 atom stereocenters. The Morgan fingerprint density at radius 3 is 2.86 bits per heavy atom. The van der Waals surface area contributed by atoms with Gasteiger partial charge < -0.3 is 16.0 Å². The number of nitrogens with one attached hydrogen (secondary N) is 4. The fourth-order valence-corrected chi connectivity index (χ4v) is 3.52. The maximum absolute atomic E-state index is 12.3. The highest BCUT2D eigenvalue weighted by atomic mass is 16.2. The van der Waals surface area contributed by atoms with E-state index in [2.05, 4.69) is 32.4 Å². The highest BCUT2D eigenvalue weighted by molar-refractivity contribution is 6.39. The molecule has 9 heteroatoms. The van der Waals surface area contributed by atoms with Crippen LogP contribution >= 0.6 is 0 Å². The van der Waals surface area contributed by atoms with Crippen molar-refractivity contribution in [1.82, 2.24) is 25.7 Å². The van der Waals surface area contributed by atoms with Gasteiger partial charge in [0.2, 0.25) is 5.91 Å². The first-order chi connectivity index (χ1) is 13.4. The van der Waals surface area contributed by atoms with Crippen molar-refractivity contribution in [3.8, 4) is 0 Å². The molecule has 3 rings (SSSR count). The molecule has 9 nitrogen and oxygen atoms in total. The molecule has 1 aliphatic heterocycles. The van der Waals surface area contributed by atoms with Crippen molar-refractivity contribution in [2.24, 2.45) is 0 Å². The zero-order chi connectivity index (χ0) is 20.1. The number of rotatable bonds is 5. The van der Waals surface area contributed by atoms with E-state index in [1.54, 1.807) is 13.0 Å². The monoisotopic (exact) mass is 388 g/mol. The summed E-state index contributed by atoms with van der Waals surface area (Å²) in [5, 5.41) is 15.6. The molecule has 0 spiro atoms. The smallest absolute Gasteiger partial charge is 0.314 e. The molecule has 1 aromatic heterocycles. The average molecular weight is 388 g/mol. The van der Waals surface area contributed by atoms with Crippen LogP contribution in [0.1, 0.15) is 57.4 Å². The van der Waals surface area contributed by atoms with Gasteiger partial charge in [-0.05, 0) is 46.0 Å². The Labute approximate surface area is 164 Å². The Hall–Kier alpha value is -2.68. The first-order valence-electron chi connectivity index (χ1n) is 9.81. The number of allylic oxidation sites excluding steroid dienone is 1. The fourth-order valence-electron chi connectivity index (χ4n) is 3.52. The number of aromatic nitrogens is 2. The van der Waals surface area contributed by atoms with Crippen molar-refractivity contribution >= 4 is 23.5 Å². The second-order valence-electron chi connectivity index (χ2n) is 7.43. The summed E-state index contributed by atoms with van der Waals surface area (Å²) in [6.45, 7) is 4.11. The average Bonchev–Trinajstić information content (AvgIpc) is 3.02. The van der Waals surface area contributed by atoms with Crippen LogP contribution < -0.4 is 21.3 Å². The van der Waals surface area contributed by atoms with Crippen LogP contribution in [0.3, 0.4) is 0 Å². The standard InChI is InChI=1S/C19H28N6O3/c1-12-11-16(26)23-19(21-12)25-15(10-13(2)24-25)22-18(28)17(27)20-9-8-14-6-4-3-5-7-14/h6,10,12,19,21H,3-5,7-9,11H2,1-2H3,(H,20,27)(H,22,28)(H,23,26). The van der Waals surface area contributed by atoms with Gasteiger partial charge in [-0.3, -0.25) is 19.7 Å². The van der Waals surface area contributed by atoms with E-state index in [4.69, 9.17) is 0 Å². The van der Waals surface area contributed by atoms with Gasteiger partial charge in [0.1, 0.15) is 5.82 Å². The molecular weight excluding hydrogens is 360 g/mol. The molecule has 1 aromatic rings. The van der Waals surface area contributed by atoms with Crippen LogP contribution in [0.25, 0.3) is 0 Å². The summed E-state index contributed by atoms with van der Waals surface area (Å²) in [5.41, 5.74) is 2.00. The summed E-state index contributed by atoms with van der Waals surface area (Å²) in [6.07, 6.45) is 7.36. The molecule has 1 aliphatic carbocycles. The SMILES string of the molecule is Cc1cc(NC(=O)C(=O)NCCC2=CCCCC2)n(C2NC(=O)CC(C)N2)n1. The summed E-state index contributed by atoms with van der Waals surface area (Å²) in [6, 6.07) is 1.63. The Morgan fingerprint density at radius 2 is 2.14 bits per heavy atom. The summed E-state index contributed by atoms with van der Waals surface area (Å²) in [7, 11) is 0. The summed E-state index contributed by atoms with van der Waals surface area (Å²) < 4.78 is 1.47. The number of hydrogen-bond acceptors (Lipinski definition) is 5. The molecule has 2 unspecified atom stereocenters. The minimum Gasteiger partial charge on any atom is -0.348 e. The lowest BCUT2D eigenvalue weighted by Gasteiger charge is -2.30. The summed E-state index contributed by atoms with van der Waals surface area (Å²) in [5.74, 6) is -1.19. The lowest BCUT2D eigenvalue weighted by molar-refractivity contribution is -0.136. The fraction of sp³-hybridized carbons (Fsp3) is 0.579. The molecule has 0 saturated carbocycles. The predicted molar refractivity (Wildman–Crippen MR) is 104 cm³/mol. The second kappa shape index (κ2) is 9.01. The number of amides is 3. The van der Waals surface area contributed by atoms with Crippen LogP contribution in [0, 0.1) is 6.92 Å². The molecule has 0 radical (unpaired) electrons. The Balaban J connectivity index is 1.56. The quantitative estimate of drug-likeness (QED) is 0.445. The molecule has 1 saturated heterocycles. The molecule has 3 amide bonds. The maximum Gasteiger partial charge on any atom is 0.314 e. The molecule has 1 fully saturated rings. The Kier molecular flexibility index (Phi) is 6.45. The molecule has 152 valence electrons. The lowest BCUT2D eigenvalue weighted by Crippen LogP contribution is -2.52. The first-order valence-corrected chi connectivity index (χ1v) is 9.81. The second-order valence-corrected chi connectivity index (χ2v) is 7.43. The van der Waals surface area contributed by atoms with E-state index >= 15 is 0 Å². The van der Waals surface area contributed by atoms with E-state index < -0.39 is 18.1 Å². The van der Waals surface area contributed by atoms with Gasteiger partial charge in [0, 0.05) is 25.1 Å². The molecular formula is C19H28N6O3. The van der Waals surface area contributed by atoms with Crippen molar-refractivity contribution in [3.05, 3.63) is 23.4 Å². The highest BCUT2D eigenvalue weighted by Gasteiger charge is 2.27. The number of carbonyl (C=O) groups excluding carboxylic acids is 3. The zero-order valence-corrected chi connectivity index (χ0v) is 16.4. The van der Waals surface area contributed by atoms with Gasteiger partial charge in [0.05, 0.1) is 5.69 Å². The number of aryl methyl sites for hydroxylation is 1. The van der Waals surface area contributed by atoms with Crippen molar-refractivity contribution < 1.29 is 14.4 Å². The van der Waals surface area contributed by atoms with Gasteiger partial charge in [-0.25, -0.2) is 4.68 Å². The Bertz CT molecular complexity index is 785. The van der Waals surface area contributed by atoms with Gasteiger partial charge in [-0.2, -0.15) is 5.10 Å². The topological polar surface area (TPSA) is 117 Å². The van der Waals surface area contributed by atoms with Gasteiger partial charge in [0.15, 0.2) is 6.29 Å². The van der Waals surface area contributed by atoms with E-state index in [1.165, 1.54) is 23.1 Å². The van der Waals surface area contributed by atoms with Crippen molar-refractivity contribution in [2.45, 2.75) is 64.7 Å². The van der Waals surface area contributed by atoms with E-state index in [0.29, 0.717) is 24.5 Å². The third-order valence-electron chi connectivity index (χ3n) is 4.90. The van der Waals surface area contributed by atoms with Gasteiger partial charge in [-0.15, -0.1) is 0 Å². The number of carbonyl (C=O) groups is 3. The minimum absolute atomic E-state index is 0.0239. The van der Waals surface area contributed by atoms with E-state index in [0.717, 1.165) is 19.3 Å². The Morgan fingerprint density at radius 1 is 1.32 bits per heavy atom. The van der Waals surface area contributed by atoms with Crippen molar-refractivity contribution in [1.29, 1.82) is 0 Å². The molecule has 0 aromatic carbocycles. The molecule has 2 heterocycles. The van der Waals surface area contributed by atoms with Crippen LogP contribution in [-0.2, 0) is 14.4 Å². The van der Waals surface area contributed by atoms with Crippen LogP contribution in [0.5, 0.6) is 0 Å². The minimum atomic E-state index is -0.756. The van der Waals surface area contributed by atoms with Gasteiger partial charge in [-0.1, -0.05) is 11.6 Å². The highest BCUT2D eigenvalue weighted by Crippen LogP contribution is 2.19. The predicted octanol–water partition coefficient (Wildman–Crippen LogP) is 1.09. The maximum atomic E-state index is 12.3. The van der Waals surface area contributed by atoms with Crippen LogP contribution in [0.15, 0.2) is 17.7 Å². The van der Waals surface area contributed by atoms with Crippen LogP contribution in [0.2, 0.25) is 0 Å². The van der Waals surface area contributed by atoms with Crippen molar-refractivity contribution in [2.75, 3.05) is 11.9 Å². The molecule has 28 heavy (non-hydrogen) atoms. The largest absolute Gasteiger partial charge is 0.348 e. The van der Waals surface area contributed by atoms with Gasteiger partial charge in [0.25, 0.3) is 0 Å². The number of anilines is 1. The van der Waals surface area contributed by atoms with Crippen molar-refractivity contribution in [3.63, 3.8) is 0 Å². The zero-order valence-electron chi connectivity index (χ0n) is 16.4. The van der Waals surface area contributed by atoms with E-state index in [-0.39, 0.29) is 11.9 Å². The third-order valence-corrected chi connectivity index (χ3v) is 4.90. The van der Waals surface area contributed by atoms with E-state index in [9.17, 15) is 14.4 Å². The molecule has 0 bridgehead atoms. The normalized spacial score (nSPS) is 22.2.